The van der Waals surface area contributed by atoms with Crippen molar-refractivity contribution >= 4 is 10.9 Å². The SMILES string of the molecule is N#CCc1c(-c2ccc3c(c2)OCCO3)[nH]c2ccccc12. The van der Waals surface area contributed by atoms with Crippen molar-refractivity contribution in [1.82, 2.24) is 4.98 Å². The number of aromatic nitrogens is 1. The number of hydrogen-bond donors (Lipinski definition) is 1. The summed E-state index contributed by atoms with van der Waals surface area (Å²) in [5, 5.41) is 10.2. The summed E-state index contributed by atoms with van der Waals surface area (Å²) in [6.45, 7) is 1.15. The quantitative estimate of drug-likeness (QED) is 0.783. The van der Waals surface area contributed by atoms with Crippen LogP contribution in [0, 0.1) is 11.3 Å². The molecule has 0 amide bonds. The summed E-state index contributed by atoms with van der Waals surface area (Å²) < 4.78 is 11.2. The van der Waals surface area contributed by atoms with Gasteiger partial charge < -0.3 is 14.5 Å². The Morgan fingerprint density at radius 3 is 2.73 bits per heavy atom. The van der Waals surface area contributed by atoms with Crippen molar-refractivity contribution in [1.29, 1.82) is 5.26 Å². The first-order valence-corrected chi connectivity index (χ1v) is 7.23. The molecule has 4 heteroatoms. The maximum atomic E-state index is 9.15. The van der Waals surface area contributed by atoms with Gasteiger partial charge in [-0.3, -0.25) is 0 Å². The molecule has 0 radical (unpaired) electrons. The Morgan fingerprint density at radius 1 is 1.05 bits per heavy atom. The van der Waals surface area contributed by atoms with Crippen molar-refractivity contribution in [2.45, 2.75) is 6.42 Å². The molecule has 1 N–H and O–H groups in total. The molecule has 2 heterocycles. The number of hydrogen-bond acceptors (Lipinski definition) is 3. The Hall–Kier alpha value is -2.93. The van der Waals surface area contributed by atoms with Crippen LogP contribution in [0.1, 0.15) is 5.56 Å². The van der Waals surface area contributed by atoms with Gasteiger partial charge >= 0.3 is 0 Å². The van der Waals surface area contributed by atoms with Crippen LogP contribution in [0.15, 0.2) is 42.5 Å². The van der Waals surface area contributed by atoms with Gasteiger partial charge in [0.2, 0.25) is 0 Å². The molecular weight excluding hydrogens is 276 g/mol. The third kappa shape index (κ3) is 1.99. The first-order valence-electron chi connectivity index (χ1n) is 7.23. The highest BCUT2D eigenvalue weighted by Gasteiger charge is 2.16. The average Bonchev–Trinajstić information content (AvgIpc) is 2.94. The fourth-order valence-electron chi connectivity index (χ4n) is 2.91. The maximum absolute atomic E-state index is 9.15. The summed E-state index contributed by atoms with van der Waals surface area (Å²) in [6.07, 6.45) is 0.369. The monoisotopic (exact) mass is 290 g/mol. The fraction of sp³-hybridized carbons (Fsp3) is 0.167. The number of nitriles is 1. The number of H-pyrrole nitrogens is 1. The summed E-state index contributed by atoms with van der Waals surface area (Å²) in [6, 6.07) is 16.2. The number of para-hydroxylation sites is 1. The Kier molecular flexibility index (Phi) is 2.97. The third-order valence-corrected chi connectivity index (χ3v) is 3.90. The molecule has 1 aliphatic rings. The molecule has 108 valence electrons. The standard InChI is InChI=1S/C18H14N2O2/c19-8-7-14-13-3-1-2-4-15(13)20-18(14)12-5-6-16-17(11-12)22-10-9-21-16/h1-6,11,20H,7,9-10H2. The van der Waals surface area contributed by atoms with E-state index in [0.717, 1.165) is 39.2 Å². The zero-order valence-corrected chi connectivity index (χ0v) is 11.9. The Labute approximate surface area is 127 Å². The molecule has 2 aromatic carbocycles. The lowest BCUT2D eigenvalue weighted by molar-refractivity contribution is 0.171. The molecule has 0 aliphatic carbocycles. The van der Waals surface area contributed by atoms with E-state index in [4.69, 9.17) is 14.7 Å². The largest absolute Gasteiger partial charge is 0.486 e. The van der Waals surface area contributed by atoms with Crippen molar-refractivity contribution in [3.63, 3.8) is 0 Å². The predicted molar refractivity (Wildman–Crippen MR) is 84.0 cm³/mol. The van der Waals surface area contributed by atoms with Crippen molar-refractivity contribution in [3.8, 4) is 28.8 Å². The van der Waals surface area contributed by atoms with Gasteiger partial charge in [-0.1, -0.05) is 18.2 Å². The molecule has 1 aliphatic heterocycles. The Balaban J connectivity index is 1.90. The molecule has 4 rings (SSSR count). The van der Waals surface area contributed by atoms with Gasteiger partial charge in [-0.2, -0.15) is 5.26 Å². The van der Waals surface area contributed by atoms with Crippen LogP contribution in [0.2, 0.25) is 0 Å². The van der Waals surface area contributed by atoms with Gasteiger partial charge in [0.05, 0.1) is 18.2 Å². The van der Waals surface area contributed by atoms with E-state index in [9.17, 15) is 0 Å². The molecule has 22 heavy (non-hydrogen) atoms. The van der Waals surface area contributed by atoms with E-state index < -0.39 is 0 Å². The number of benzene rings is 2. The number of nitrogens with one attached hydrogen (secondary N) is 1. The first-order chi connectivity index (χ1) is 10.9. The van der Waals surface area contributed by atoms with Gasteiger partial charge in [-0.05, 0) is 29.8 Å². The summed E-state index contributed by atoms with van der Waals surface area (Å²) in [5.41, 5.74) is 4.04. The zero-order valence-electron chi connectivity index (χ0n) is 11.9. The first kappa shape index (κ1) is 12.8. The molecule has 1 aromatic heterocycles. The van der Waals surface area contributed by atoms with Gasteiger partial charge in [-0.25, -0.2) is 0 Å². The second-order valence-corrected chi connectivity index (χ2v) is 5.22. The molecule has 0 atom stereocenters. The minimum atomic E-state index is 0.369. The van der Waals surface area contributed by atoms with Gasteiger partial charge in [0.15, 0.2) is 11.5 Å². The number of nitrogens with zero attached hydrogens (tertiary/aromatic N) is 1. The van der Waals surface area contributed by atoms with Crippen LogP contribution in [0.3, 0.4) is 0 Å². The van der Waals surface area contributed by atoms with Crippen LogP contribution in [-0.4, -0.2) is 18.2 Å². The zero-order chi connectivity index (χ0) is 14.9. The van der Waals surface area contributed by atoms with Crippen molar-refractivity contribution in [2.75, 3.05) is 13.2 Å². The second kappa shape index (κ2) is 5.12. The van der Waals surface area contributed by atoms with Gasteiger partial charge in [0, 0.05) is 16.5 Å². The lowest BCUT2D eigenvalue weighted by Gasteiger charge is -2.18. The third-order valence-electron chi connectivity index (χ3n) is 3.90. The smallest absolute Gasteiger partial charge is 0.162 e. The van der Waals surface area contributed by atoms with Crippen LogP contribution < -0.4 is 9.47 Å². The average molecular weight is 290 g/mol. The normalized spacial score (nSPS) is 13.0. The molecular formula is C18H14N2O2. The molecule has 4 nitrogen and oxygen atoms in total. The lowest BCUT2D eigenvalue weighted by atomic mass is 10.0. The van der Waals surface area contributed by atoms with Crippen LogP contribution >= 0.6 is 0 Å². The van der Waals surface area contributed by atoms with Gasteiger partial charge in [-0.15, -0.1) is 0 Å². The van der Waals surface area contributed by atoms with E-state index in [0.29, 0.717) is 19.6 Å². The molecule has 0 spiro atoms. The predicted octanol–water partition coefficient (Wildman–Crippen LogP) is 3.67. The summed E-state index contributed by atoms with van der Waals surface area (Å²) in [7, 11) is 0. The van der Waals surface area contributed by atoms with Crippen molar-refractivity contribution < 1.29 is 9.47 Å². The molecule has 0 saturated heterocycles. The van der Waals surface area contributed by atoms with Crippen LogP contribution in [-0.2, 0) is 6.42 Å². The number of aromatic amines is 1. The van der Waals surface area contributed by atoms with E-state index in [1.54, 1.807) is 0 Å². The summed E-state index contributed by atoms with van der Waals surface area (Å²) in [5.74, 6) is 1.53. The lowest BCUT2D eigenvalue weighted by Crippen LogP contribution is -2.15. The van der Waals surface area contributed by atoms with E-state index in [1.165, 1.54) is 0 Å². The summed E-state index contributed by atoms with van der Waals surface area (Å²) >= 11 is 0. The van der Waals surface area contributed by atoms with Crippen LogP contribution in [0.4, 0.5) is 0 Å². The van der Waals surface area contributed by atoms with Crippen molar-refractivity contribution in [3.05, 3.63) is 48.0 Å². The second-order valence-electron chi connectivity index (χ2n) is 5.22. The minimum absolute atomic E-state index is 0.369. The number of rotatable bonds is 2. The fourth-order valence-corrected chi connectivity index (χ4v) is 2.91. The molecule has 0 saturated carbocycles. The number of ether oxygens (including phenoxy) is 2. The summed E-state index contributed by atoms with van der Waals surface area (Å²) in [4.78, 5) is 3.42. The van der Waals surface area contributed by atoms with Crippen molar-refractivity contribution in [2.24, 2.45) is 0 Å². The Morgan fingerprint density at radius 2 is 1.86 bits per heavy atom. The molecule has 0 bridgehead atoms. The molecule has 0 unspecified atom stereocenters. The van der Waals surface area contributed by atoms with Gasteiger partial charge in [0.25, 0.3) is 0 Å². The number of fused-ring (bicyclic) bond motifs is 2. The van der Waals surface area contributed by atoms with E-state index in [-0.39, 0.29) is 0 Å². The Bertz CT molecular complexity index is 890. The molecule has 0 fully saturated rings. The van der Waals surface area contributed by atoms with E-state index >= 15 is 0 Å². The van der Waals surface area contributed by atoms with E-state index in [2.05, 4.69) is 11.1 Å². The van der Waals surface area contributed by atoms with Crippen LogP contribution in [0.5, 0.6) is 11.5 Å². The topological polar surface area (TPSA) is 58.0 Å². The minimum Gasteiger partial charge on any atom is -0.486 e. The van der Waals surface area contributed by atoms with Crippen LogP contribution in [0.25, 0.3) is 22.2 Å². The molecule has 3 aromatic rings. The maximum Gasteiger partial charge on any atom is 0.162 e. The van der Waals surface area contributed by atoms with E-state index in [1.807, 2.05) is 42.5 Å². The highest BCUT2D eigenvalue weighted by Crippen LogP contribution is 2.37. The van der Waals surface area contributed by atoms with Gasteiger partial charge in [0.1, 0.15) is 13.2 Å². The highest BCUT2D eigenvalue weighted by atomic mass is 16.6. The highest BCUT2D eigenvalue weighted by molar-refractivity contribution is 5.91.